The van der Waals surface area contributed by atoms with Crippen LogP contribution < -0.4 is 10.6 Å². The Labute approximate surface area is 167 Å². The van der Waals surface area contributed by atoms with E-state index >= 15 is 0 Å². The third-order valence-electron chi connectivity index (χ3n) is 4.85. The molecule has 0 spiro atoms. The minimum atomic E-state index is 0.552. The first-order chi connectivity index (χ1) is 13.8. The van der Waals surface area contributed by atoms with E-state index in [1.165, 1.54) is 12.8 Å². The summed E-state index contributed by atoms with van der Waals surface area (Å²) < 4.78 is 0. The Balaban J connectivity index is 1.39. The molecule has 0 bridgehead atoms. The van der Waals surface area contributed by atoms with E-state index < -0.39 is 0 Å². The van der Waals surface area contributed by atoms with E-state index in [0.29, 0.717) is 5.92 Å². The molecule has 1 saturated carbocycles. The topological polar surface area (TPSA) is 88.0 Å². The molecule has 28 heavy (non-hydrogen) atoms. The maximum absolute atomic E-state index is 4.81. The zero-order valence-electron chi connectivity index (χ0n) is 15.6. The Bertz CT molecular complexity index is 1040. The van der Waals surface area contributed by atoms with Crippen LogP contribution in [0.4, 0.5) is 5.13 Å². The lowest BCUT2D eigenvalue weighted by Crippen LogP contribution is -2.35. The van der Waals surface area contributed by atoms with Crippen LogP contribution >= 0.6 is 11.3 Å². The summed E-state index contributed by atoms with van der Waals surface area (Å²) >= 11 is 1.55. The highest BCUT2D eigenvalue weighted by molar-refractivity contribution is 7.14. The van der Waals surface area contributed by atoms with Gasteiger partial charge in [0.25, 0.3) is 0 Å². The molecule has 0 atom stereocenters. The van der Waals surface area contributed by atoms with Gasteiger partial charge in [0.1, 0.15) is 11.5 Å². The molecular formula is C20H21N7S. The number of pyridine rings is 1. The van der Waals surface area contributed by atoms with E-state index in [-0.39, 0.29) is 0 Å². The number of anilines is 1. The van der Waals surface area contributed by atoms with Crippen LogP contribution in [0, 0.1) is 6.92 Å². The van der Waals surface area contributed by atoms with Crippen molar-refractivity contribution in [3.8, 4) is 22.6 Å². The van der Waals surface area contributed by atoms with Crippen molar-refractivity contribution in [3.05, 3.63) is 41.3 Å². The van der Waals surface area contributed by atoms with Crippen LogP contribution in [0.25, 0.3) is 22.6 Å². The van der Waals surface area contributed by atoms with Crippen LogP contribution in [0.3, 0.4) is 0 Å². The van der Waals surface area contributed by atoms with Crippen molar-refractivity contribution in [2.75, 3.05) is 18.4 Å². The fourth-order valence-corrected chi connectivity index (χ4v) is 3.87. The predicted molar refractivity (Wildman–Crippen MR) is 112 cm³/mol. The highest BCUT2D eigenvalue weighted by Crippen LogP contribution is 2.38. The first-order valence-corrected chi connectivity index (χ1v) is 10.5. The minimum absolute atomic E-state index is 0.552. The Kier molecular flexibility index (Phi) is 4.48. The van der Waals surface area contributed by atoms with Crippen LogP contribution in [0.2, 0.25) is 0 Å². The molecule has 0 aromatic carbocycles. The molecule has 2 aliphatic rings. The van der Waals surface area contributed by atoms with Gasteiger partial charge in [0.15, 0.2) is 11.1 Å². The van der Waals surface area contributed by atoms with Gasteiger partial charge in [0.2, 0.25) is 0 Å². The van der Waals surface area contributed by atoms with Crippen molar-refractivity contribution >= 4 is 22.4 Å². The zero-order chi connectivity index (χ0) is 18.9. The number of thiazole rings is 1. The van der Waals surface area contributed by atoms with E-state index in [4.69, 9.17) is 4.98 Å². The summed E-state index contributed by atoms with van der Waals surface area (Å²) in [6.45, 7) is 3.81. The number of aryl methyl sites for hydroxylation is 1. The predicted octanol–water partition coefficient (Wildman–Crippen LogP) is 3.61. The third-order valence-corrected chi connectivity index (χ3v) is 5.61. The van der Waals surface area contributed by atoms with Crippen LogP contribution in [0.1, 0.15) is 36.7 Å². The van der Waals surface area contributed by atoms with Gasteiger partial charge in [-0.25, -0.2) is 19.9 Å². The lowest BCUT2D eigenvalue weighted by atomic mass is 10.1. The molecular weight excluding hydrogens is 370 g/mol. The van der Waals surface area contributed by atoms with Gasteiger partial charge in [-0.15, -0.1) is 11.3 Å². The largest absolute Gasteiger partial charge is 0.356 e. The molecule has 2 N–H and O–H groups in total. The summed E-state index contributed by atoms with van der Waals surface area (Å²) in [5.41, 5.74) is 4.51. The Morgan fingerprint density at radius 3 is 2.79 bits per heavy atom. The first kappa shape index (κ1) is 17.2. The smallest absolute Gasteiger partial charge is 0.197 e. The van der Waals surface area contributed by atoms with Crippen molar-refractivity contribution in [2.45, 2.75) is 32.1 Å². The Hall–Kier alpha value is -2.87. The van der Waals surface area contributed by atoms with Crippen LogP contribution in [0.15, 0.2) is 34.8 Å². The van der Waals surface area contributed by atoms with Crippen molar-refractivity contribution in [1.29, 1.82) is 0 Å². The van der Waals surface area contributed by atoms with Crippen molar-refractivity contribution in [1.82, 2.24) is 25.3 Å². The average Bonchev–Trinajstić information content (AvgIpc) is 3.48. The molecule has 7 nitrogen and oxygen atoms in total. The molecule has 1 aliphatic carbocycles. The van der Waals surface area contributed by atoms with Gasteiger partial charge in [0.05, 0.1) is 17.1 Å². The number of nitrogens with one attached hydrogen (secondary N) is 2. The molecule has 5 rings (SSSR count). The van der Waals surface area contributed by atoms with Gasteiger partial charge in [-0.2, -0.15) is 0 Å². The molecule has 0 radical (unpaired) electrons. The highest BCUT2D eigenvalue weighted by atomic mass is 32.1. The molecule has 0 unspecified atom stereocenters. The number of nitrogens with zero attached hydrogens (tertiary/aromatic N) is 5. The summed E-state index contributed by atoms with van der Waals surface area (Å²) in [5.74, 6) is 2.31. The van der Waals surface area contributed by atoms with Gasteiger partial charge in [-0.1, -0.05) is 6.07 Å². The van der Waals surface area contributed by atoms with Crippen LogP contribution in [0.5, 0.6) is 0 Å². The minimum Gasteiger partial charge on any atom is -0.356 e. The second-order valence-electron chi connectivity index (χ2n) is 7.08. The van der Waals surface area contributed by atoms with Crippen molar-refractivity contribution in [3.63, 3.8) is 0 Å². The van der Waals surface area contributed by atoms with E-state index in [9.17, 15) is 0 Å². The molecule has 3 aromatic heterocycles. The molecule has 4 heterocycles. The molecule has 0 saturated heterocycles. The molecule has 8 heteroatoms. The highest BCUT2D eigenvalue weighted by Gasteiger charge is 2.27. The normalized spacial score (nSPS) is 16.4. The van der Waals surface area contributed by atoms with Crippen molar-refractivity contribution in [2.24, 2.45) is 4.99 Å². The fraction of sp³-hybridized carbons (Fsp3) is 0.350. The van der Waals surface area contributed by atoms with Crippen LogP contribution in [-0.4, -0.2) is 39.0 Å². The van der Waals surface area contributed by atoms with Gasteiger partial charge in [-0.05, 0) is 38.3 Å². The number of aromatic nitrogens is 4. The second-order valence-corrected chi connectivity index (χ2v) is 7.94. The molecule has 3 aromatic rings. The Morgan fingerprint density at radius 2 is 2.00 bits per heavy atom. The number of guanidine groups is 1. The quantitative estimate of drug-likeness (QED) is 0.706. The van der Waals surface area contributed by atoms with Gasteiger partial charge < -0.3 is 10.6 Å². The van der Waals surface area contributed by atoms with E-state index in [1.807, 2.05) is 36.7 Å². The maximum Gasteiger partial charge on any atom is 0.197 e. The summed E-state index contributed by atoms with van der Waals surface area (Å²) in [5, 5.41) is 9.31. The summed E-state index contributed by atoms with van der Waals surface area (Å²) in [6, 6.07) is 5.98. The molecule has 0 amide bonds. The van der Waals surface area contributed by atoms with Gasteiger partial charge in [-0.3, -0.25) is 4.99 Å². The lowest BCUT2D eigenvalue weighted by molar-refractivity contribution is 0.740. The average molecular weight is 392 g/mol. The van der Waals surface area contributed by atoms with E-state index in [2.05, 4.69) is 30.6 Å². The van der Waals surface area contributed by atoms with E-state index in [1.54, 1.807) is 11.3 Å². The lowest BCUT2D eigenvalue weighted by Gasteiger charge is -2.14. The summed E-state index contributed by atoms with van der Waals surface area (Å²) in [6.07, 6.45) is 5.38. The zero-order valence-corrected chi connectivity index (χ0v) is 16.5. The standard InChI is InChI=1S/C20H21N7S/c1-12-14(10-23-18(24-12)13-6-7-13)15-4-2-5-16(25-15)17-11-28-20(26-17)27-19-21-8-3-9-22-19/h2,4-5,10-11,13H,3,6-9H2,1H3,(H2,21,22,26,27). The SMILES string of the molecule is Cc1nc(C2CC2)ncc1-c1cccc(-c2csc(NC3=NCCCN3)n2)n1. The van der Waals surface area contributed by atoms with Crippen molar-refractivity contribution < 1.29 is 0 Å². The molecule has 142 valence electrons. The van der Waals surface area contributed by atoms with E-state index in [0.717, 1.165) is 64.8 Å². The summed E-state index contributed by atoms with van der Waals surface area (Å²) in [4.78, 5) is 23.2. The Morgan fingerprint density at radius 1 is 1.11 bits per heavy atom. The fourth-order valence-electron chi connectivity index (χ4n) is 3.17. The number of hydrogen-bond acceptors (Lipinski definition) is 8. The summed E-state index contributed by atoms with van der Waals surface area (Å²) in [7, 11) is 0. The number of rotatable bonds is 4. The van der Waals surface area contributed by atoms with Gasteiger partial charge in [0, 0.05) is 36.1 Å². The first-order valence-electron chi connectivity index (χ1n) is 9.58. The second kappa shape index (κ2) is 7.27. The number of hydrogen-bond donors (Lipinski definition) is 2. The monoisotopic (exact) mass is 391 g/mol. The van der Waals surface area contributed by atoms with Crippen LogP contribution in [-0.2, 0) is 0 Å². The molecule has 1 aliphatic heterocycles. The maximum atomic E-state index is 4.81. The molecule has 1 fully saturated rings. The third kappa shape index (κ3) is 3.60. The van der Waals surface area contributed by atoms with Gasteiger partial charge >= 0.3 is 0 Å². The number of aliphatic imine (C=N–C) groups is 1.